The lowest BCUT2D eigenvalue weighted by Crippen LogP contribution is -2.23. The molecule has 0 aliphatic heterocycles. The van der Waals surface area contributed by atoms with E-state index in [1.165, 1.54) is 25.7 Å². The van der Waals surface area contributed by atoms with Crippen molar-refractivity contribution in [1.29, 1.82) is 0 Å². The Morgan fingerprint density at radius 1 is 1.11 bits per heavy atom. The Balaban J connectivity index is 1.72. The van der Waals surface area contributed by atoms with Crippen LogP contribution in [0.2, 0.25) is 0 Å². The molecule has 0 spiro atoms. The zero-order valence-electron chi connectivity index (χ0n) is 12.4. The van der Waals surface area contributed by atoms with Gasteiger partial charge in [0.15, 0.2) is 6.79 Å². The maximum absolute atomic E-state index is 12.1. The fraction of sp³-hybridized carbons (Fsp3) is 0.938. The number of rotatable bonds is 6. The molecule has 3 atom stereocenters. The molecule has 3 nitrogen and oxygen atoms in total. The number of hydrogen-bond donors (Lipinski definition) is 0. The second-order valence-corrected chi connectivity index (χ2v) is 6.17. The summed E-state index contributed by atoms with van der Waals surface area (Å²) in [5.74, 6) is 1.31. The number of hydrogen-bond acceptors (Lipinski definition) is 3. The Labute approximate surface area is 117 Å². The van der Waals surface area contributed by atoms with Crippen LogP contribution in [-0.2, 0) is 14.3 Å². The Morgan fingerprint density at radius 3 is 2.47 bits per heavy atom. The first-order valence-corrected chi connectivity index (χ1v) is 8.02. The van der Waals surface area contributed by atoms with E-state index >= 15 is 0 Å². The lowest BCUT2D eigenvalue weighted by atomic mass is 9.94. The fourth-order valence-electron chi connectivity index (χ4n) is 3.66. The minimum Gasteiger partial charge on any atom is -0.438 e. The molecular formula is C16H28O3. The van der Waals surface area contributed by atoms with Crippen molar-refractivity contribution in [2.24, 2.45) is 17.8 Å². The van der Waals surface area contributed by atoms with Crippen LogP contribution < -0.4 is 0 Å². The van der Waals surface area contributed by atoms with Gasteiger partial charge in [-0.05, 0) is 37.5 Å². The highest BCUT2D eigenvalue weighted by atomic mass is 16.7. The van der Waals surface area contributed by atoms with E-state index in [2.05, 4.69) is 13.8 Å². The van der Waals surface area contributed by atoms with Crippen molar-refractivity contribution in [3.8, 4) is 0 Å². The molecule has 2 aliphatic rings. The van der Waals surface area contributed by atoms with Gasteiger partial charge in [-0.25, -0.2) is 0 Å². The normalized spacial score (nSPS) is 31.8. The van der Waals surface area contributed by atoms with Gasteiger partial charge in [0, 0.05) is 0 Å². The monoisotopic (exact) mass is 268 g/mol. The minimum absolute atomic E-state index is 0.0270. The average molecular weight is 268 g/mol. The molecule has 2 saturated carbocycles. The zero-order valence-corrected chi connectivity index (χ0v) is 12.4. The van der Waals surface area contributed by atoms with Gasteiger partial charge in [-0.3, -0.25) is 4.79 Å². The topological polar surface area (TPSA) is 35.5 Å². The van der Waals surface area contributed by atoms with Gasteiger partial charge in [-0.2, -0.15) is 0 Å². The Bertz CT molecular complexity index is 284. The van der Waals surface area contributed by atoms with Crippen molar-refractivity contribution >= 4 is 5.97 Å². The van der Waals surface area contributed by atoms with E-state index < -0.39 is 0 Å². The van der Waals surface area contributed by atoms with Gasteiger partial charge in [0.05, 0.1) is 12.0 Å². The molecular weight excluding hydrogens is 240 g/mol. The van der Waals surface area contributed by atoms with Crippen molar-refractivity contribution in [3.05, 3.63) is 0 Å². The van der Waals surface area contributed by atoms with Gasteiger partial charge in [0.2, 0.25) is 0 Å². The number of ether oxygens (including phenoxy) is 2. The fourth-order valence-corrected chi connectivity index (χ4v) is 3.66. The summed E-state index contributed by atoms with van der Waals surface area (Å²) in [6, 6.07) is 0. The molecule has 0 aromatic carbocycles. The highest BCUT2D eigenvalue weighted by molar-refractivity contribution is 5.73. The first kappa shape index (κ1) is 14.8. The summed E-state index contributed by atoms with van der Waals surface area (Å²) < 4.78 is 11.0. The quantitative estimate of drug-likeness (QED) is 0.541. The van der Waals surface area contributed by atoms with E-state index in [0.29, 0.717) is 17.9 Å². The Morgan fingerprint density at radius 2 is 1.84 bits per heavy atom. The maximum atomic E-state index is 12.1. The number of carbonyl (C=O) groups excluding carboxylic acids is 1. The van der Waals surface area contributed by atoms with Crippen molar-refractivity contribution in [2.45, 2.75) is 71.3 Å². The summed E-state index contributed by atoms with van der Waals surface area (Å²) in [6.07, 6.45) is 9.52. The van der Waals surface area contributed by atoms with Gasteiger partial charge >= 0.3 is 5.97 Å². The van der Waals surface area contributed by atoms with Crippen LogP contribution in [0.3, 0.4) is 0 Å². The summed E-state index contributed by atoms with van der Waals surface area (Å²) in [6.45, 7) is 4.56. The zero-order chi connectivity index (χ0) is 13.7. The van der Waals surface area contributed by atoms with E-state index in [1.807, 2.05) is 0 Å². The van der Waals surface area contributed by atoms with E-state index in [9.17, 15) is 4.79 Å². The predicted molar refractivity (Wildman–Crippen MR) is 74.6 cm³/mol. The van der Waals surface area contributed by atoms with Gasteiger partial charge in [-0.1, -0.05) is 39.5 Å². The number of carbonyl (C=O) groups is 1. The largest absolute Gasteiger partial charge is 0.438 e. The molecule has 3 heteroatoms. The van der Waals surface area contributed by atoms with Crippen LogP contribution in [0.25, 0.3) is 0 Å². The van der Waals surface area contributed by atoms with Crippen molar-refractivity contribution in [1.82, 2.24) is 0 Å². The summed E-state index contributed by atoms with van der Waals surface area (Å²) in [4.78, 5) is 12.1. The standard InChI is InChI=1S/C16H28O3/c1-3-12-9-13(4-2)15(10-12)16(17)19-11-18-14-7-5-6-8-14/h12-15H,3-11H2,1-2H3. The molecule has 110 valence electrons. The van der Waals surface area contributed by atoms with Crippen LogP contribution >= 0.6 is 0 Å². The summed E-state index contributed by atoms with van der Waals surface area (Å²) in [7, 11) is 0. The molecule has 0 bridgehead atoms. The van der Waals surface area contributed by atoms with E-state index in [-0.39, 0.29) is 18.7 Å². The smallest absolute Gasteiger partial charge is 0.311 e. The molecule has 2 fully saturated rings. The molecule has 0 saturated heterocycles. The molecule has 0 radical (unpaired) electrons. The van der Waals surface area contributed by atoms with Gasteiger partial charge in [-0.15, -0.1) is 0 Å². The van der Waals surface area contributed by atoms with Gasteiger partial charge < -0.3 is 9.47 Å². The highest BCUT2D eigenvalue weighted by Gasteiger charge is 2.37. The van der Waals surface area contributed by atoms with Crippen LogP contribution in [0.15, 0.2) is 0 Å². The molecule has 19 heavy (non-hydrogen) atoms. The molecule has 0 N–H and O–H groups in total. The third kappa shape index (κ3) is 3.95. The third-order valence-corrected chi connectivity index (χ3v) is 5.00. The van der Waals surface area contributed by atoms with Gasteiger partial charge in [0.25, 0.3) is 0 Å². The summed E-state index contributed by atoms with van der Waals surface area (Å²) in [5.41, 5.74) is 0. The maximum Gasteiger partial charge on any atom is 0.311 e. The molecule has 0 amide bonds. The van der Waals surface area contributed by atoms with Crippen LogP contribution in [0.5, 0.6) is 0 Å². The van der Waals surface area contributed by atoms with Crippen molar-refractivity contribution in [3.63, 3.8) is 0 Å². The molecule has 0 aromatic rings. The van der Waals surface area contributed by atoms with E-state index in [0.717, 1.165) is 25.7 Å². The second-order valence-electron chi connectivity index (χ2n) is 6.17. The summed E-state index contributed by atoms with van der Waals surface area (Å²) in [5, 5.41) is 0. The lowest BCUT2D eigenvalue weighted by Gasteiger charge is -2.17. The molecule has 2 aliphatic carbocycles. The molecule has 0 heterocycles. The predicted octanol–water partition coefficient (Wildman–Crippen LogP) is 3.91. The van der Waals surface area contributed by atoms with E-state index in [4.69, 9.17) is 9.47 Å². The van der Waals surface area contributed by atoms with E-state index in [1.54, 1.807) is 0 Å². The van der Waals surface area contributed by atoms with Gasteiger partial charge in [0.1, 0.15) is 0 Å². The average Bonchev–Trinajstić information content (AvgIpc) is 3.07. The van der Waals surface area contributed by atoms with Crippen molar-refractivity contribution < 1.29 is 14.3 Å². The van der Waals surface area contributed by atoms with Crippen LogP contribution in [0, 0.1) is 17.8 Å². The van der Waals surface area contributed by atoms with Crippen LogP contribution in [0.1, 0.15) is 65.2 Å². The Hall–Kier alpha value is -0.570. The SMILES string of the molecule is CCC1CC(CC)C(C(=O)OCOC2CCCC2)C1. The first-order chi connectivity index (χ1) is 9.24. The third-order valence-electron chi connectivity index (χ3n) is 5.00. The first-order valence-electron chi connectivity index (χ1n) is 8.02. The second kappa shape index (κ2) is 7.28. The van der Waals surface area contributed by atoms with Crippen LogP contribution in [0.4, 0.5) is 0 Å². The molecule has 0 aromatic heterocycles. The molecule has 3 unspecified atom stereocenters. The summed E-state index contributed by atoms with van der Waals surface area (Å²) >= 11 is 0. The minimum atomic E-state index is -0.0270. The Kier molecular flexibility index (Phi) is 5.68. The van der Waals surface area contributed by atoms with Crippen molar-refractivity contribution in [2.75, 3.05) is 6.79 Å². The molecule has 2 rings (SSSR count). The highest BCUT2D eigenvalue weighted by Crippen LogP contribution is 2.40. The van der Waals surface area contributed by atoms with Crippen LogP contribution in [-0.4, -0.2) is 18.9 Å². The lowest BCUT2D eigenvalue weighted by molar-refractivity contribution is -0.166. The number of esters is 1.